The Morgan fingerprint density at radius 2 is 1.62 bits per heavy atom. The average Bonchev–Trinajstić information content (AvgIpc) is 3.32. The smallest absolute Gasteiger partial charge is 0.303 e. The van der Waals surface area contributed by atoms with Crippen LogP contribution in [0.1, 0.15) is 37.1 Å². The van der Waals surface area contributed by atoms with Crippen LogP contribution in [0.3, 0.4) is 0 Å². The van der Waals surface area contributed by atoms with E-state index in [4.69, 9.17) is 43.1 Å². The molecule has 0 spiro atoms. The lowest BCUT2D eigenvalue weighted by atomic mass is 10.0. The maximum absolute atomic E-state index is 11.0. The highest BCUT2D eigenvalue weighted by atomic mass is 35.5. The molecular weight excluding hydrogens is 551 g/mol. The highest BCUT2D eigenvalue weighted by Crippen LogP contribution is 2.30. The second kappa shape index (κ2) is 13.8. The van der Waals surface area contributed by atoms with Crippen LogP contribution in [0.2, 0.25) is 10.0 Å². The summed E-state index contributed by atoms with van der Waals surface area (Å²) in [6.45, 7) is 0.846. The first-order chi connectivity index (χ1) is 19.3. The van der Waals surface area contributed by atoms with Crippen LogP contribution in [-0.4, -0.2) is 38.3 Å². The van der Waals surface area contributed by atoms with Crippen molar-refractivity contribution in [2.75, 3.05) is 6.61 Å². The Kier molecular flexibility index (Phi) is 10.00. The summed E-state index contributed by atoms with van der Waals surface area (Å²) in [4.78, 5) is 26.4. The van der Waals surface area contributed by atoms with Crippen molar-refractivity contribution < 1.29 is 24.5 Å². The summed E-state index contributed by atoms with van der Waals surface area (Å²) in [5, 5.41) is 18.8. The summed E-state index contributed by atoms with van der Waals surface area (Å²) in [5.74, 6) is -0.299. The van der Waals surface area contributed by atoms with Crippen LogP contribution >= 0.6 is 23.2 Å². The van der Waals surface area contributed by atoms with Gasteiger partial charge in [0, 0.05) is 36.2 Å². The number of aryl methyl sites for hydroxylation is 1. The summed E-state index contributed by atoms with van der Waals surface area (Å²) >= 11 is 12.5. The fourth-order valence-corrected chi connectivity index (χ4v) is 4.62. The molecule has 3 aromatic carbocycles. The van der Waals surface area contributed by atoms with Crippen molar-refractivity contribution in [3.63, 3.8) is 0 Å². The van der Waals surface area contributed by atoms with Crippen molar-refractivity contribution in [1.82, 2.24) is 9.55 Å². The number of ether oxygens (including phenoxy) is 1. The van der Waals surface area contributed by atoms with Gasteiger partial charge in [-0.15, -0.1) is 0 Å². The third-order valence-electron chi connectivity index (χ3n) is 6.11. The van der Waals surface area contributed by atoms with Crippen molar-refractivity contribution in [1.29, 1.82) is 0 Å². The Labute approximate surface area is 242 Å². The number of aromatic nitrogens is 2. The minimum Gasteiger partial charge on any atom is -0.494 e. The second-order valence-corrected chi connectivity index (χ2v) is 9.97. The van der Waals surface area contributed by atoms with E-state index in [1.165, 1.54) is 0 Å². The molecule has 1 heterocycles. The predicted molar refractivity (Wildman–Crippen MR) is 158 cm³/mol. The monoisotopic (exact) mass is 578 g/mol. The van der Waals surface area contributed by atoms with Crippen LogP contribution < -0.4 is 4.74 Å². The van der Waals surface area contributed by atoms with Gasteiger partial charge in [-0.2, -0.15) is 0 Å². The Morgan fingerprint density at radius 1 is 0.875 bits per heavy atom. The zero-order valence-electron chi connectivity index (χ0n) is 21.6. The van der Waals surface area contributed by atoms with Gasteiger partial charge in [0.05, 0.1) is 17.3 Å². The van der Waals surface area contributed by atoms with Crippen LogP contribution in [0.25, 0.3) is 34.5 Å². The molecule has 0 unspecified atom stereocenters. The van der Waals surface area contributed by atoms with Gasteiger partial charge < -0.3 is 19.5 Å². The molecule has 4 rings (SSSR count). The van der Waals surface area contributed by atoms with E-state index < -0.39 is 11.9 Å². The molecule has 0 bridgehead atoms. The zero-order chi connectivity index (χ0) is 28.5. The van der Waals surface area contributed by atoms with Gasteiger partial charge >= 0.3 is 11.9 Å². The van der Waals surface area contributed by atoms with E-state index in [0.717, 1.165) is 22.3 Å². The SMILES string of the molecule is O=C(O)CCCOc1ccc(-c2cccc(/C=C/c3nc(-c4ccc(Cl)cc4Cl)cn3CCCC(=O)O)c2)cc1. The van der Waals surface area contributed by atoms with E-state index in [-0.39, 0.29) is 12.8 Å². The van der Waals surface area contributed by atoms with Crippen LogP contribution in [0.4, 0.5) is 0 Å². The number of imidazole rings is 1. The number of carbonyl (C=O) groups is 2. The molecular formula is C31H28Cl2N2O5. The van der Waals surface area contributed by atoms with Crippen LogP contribution in [0.5, 0.6) is 5.75 Å². The lowest BCUT2D eigenvalue weighted by Gasteiger charge is -2.07. The molecule has 0 radical (unpaired) electrons. The molecule has 0 aliphatic heterocycles. The Bertz CT molecular complexity index is 1510. The fraction of sp³-hybridized carbons (Fsp3) is 0.194. The number of hydrogen-bond acceptors (Lipinski definition) is 4. The predicted octanol–water partition coefficient (Wildman–Crippen LogP) is 7.80. The lowest BCUT2D eigenvalue weighted by Crippen LogP contribution is -2.02. The molecule has 2 N–H and O–H groups in total. The number of rotatable bonds is 13. The van der Waals surface area contributed by atoms with Gasteiger partial charge in [-0.05, 0) is 72.0 Å². The number of carboxylic acids is 2. The molecule has 0 amide bonds. The van der Waals surface area contributed by atoms with E-state index in [0.29, 0.717) is 53.3 Å². The number of nitrogens with zero attached hydrogens (tertiary/aromatic N) is 2. The largest absolute Gasteiger partial charge is 0.494 e. The Hall–Kier alpha value is -4.07. The quantitative estimate of drug-likeness (QED) is 0.157. The molecule has 0 fully saturated rings. The first kappa shape index (κ1) is 28.9. The summed E-state index contributed by atoms with van der Waals surface area (Å²) < 4.78 is 7.56. The topological polar surface area (TPSA) is 102 Å². The molecule has 0 saturated heterocycles. The first-order valence-corrected chi connectivity index (χ1v) is 13.5. The fourth-order valence-electron chi connectivity index (χ4n) is 4.12. The van der Waals surface area contributed by atoms with Crippen LogP contribution in [0.15, 0.2) is 72.9 Å². The lowest BCUT2D eigenvalue weighted by molar-refractivity contribution is -0.138. The van der Waals surface area contributed by atoms with Crippen LogP contribution in [0, 0.1) is 0 Å². The molecule has 0 aliphatic carbocycles. The van der Waals surface area contributed by atoms with Crippen molar-refractivity contribution in [3.8, 4) is 28.1 Å². The minimum absolute atomic E-state index is 0.0621. The van der Waals surface area contributed by atoms with Crippen molar-refractivity contribution in [3.05, 3.63) is 94.4 Å². The third-order valence-corrected chi connectivity index (χ3v) is 6.65. The summed E-state index contributed by atoms with van der Waals surface area (Å²) in [7, 11) is 0. The second-order valence-electron chi connectivity index (χ2n) is 9.13. The minimum atomic E-state index is -0.840. The highest BCUT2D eigenvalue weighted by molar-refractivity contribution is 6.36. The maximum Gasteiger partial charge on any atom is 0.303 e. The van der Waals surface area contributed by atoms with E-state index >= 15 is 0 Å². The summed E-state index contributed by atoms with van der Waals surface area (Å²) in [6, 6.07) is 21.0. The molecule has 0 atom stereocenters. The van der Waals surface area contributed by atoms with Gasteiger partial charge in [-0.25, -0.2) is 4.98 Å². The molecule has 0 aliphatic rings. The van der Waals surface area contributed by atoms with Gasteiger partial charge in [-0.3, -0.25) is 9.59 Å². The molecule has 0 saturated carbocycles. The molecule has 1 aromatic heterocycles. The summed E-state index contributed by atoms with van der Waals surface area (Å²) in [5.41, 5.74) is 4.43. The molecule has 40 heavy (non-hydrogen) atoms. The normalized spacial score (nSPS) is 11.2. The highest BCUT2D eigenvalue weighted by Gasteiger charge is 2.12. The molecule has 9 heteroatoms. The Morgan fingerprint density at radius 3 is 2.35 bits per heavy atom. The number of benzene rings is 3. The number of halogens is 2. The van der Waals surface area contributed by atoms with Gasteiger partial charge in [0.15, 0.2) is 0 Å². The van der Waals surface area contributed by atoms with Crippen molar-refractivity contribution in [2.45, 2.75) is 32.2 Å². The maximum atomic E-state index is 11.0. The van der Waals surface area contributed by atoms with Gasteiger partial charge in [0.2, 0.25) is 0 Å². The van der Waals surface area contributed by atoms with E-state index in [1.54, 1.807) is 12.1 Å². The zero-order valence-corrected chi connectivity index (χ0v) is 23.1. The van der Waals surface area contributed by atoms with Gasteiger partial charge in [0.1, 0.15) is 11.6 Å². The van der Waals surface area contributed by atoms with Gasteiger partial charge in [-0.1, -0.05) is 59.6 Å². The molecule has 7 nitrogen and oxygen atoms in total. The standard InChI is InChI=1S/C31H28Cl2N2O5/c32-24-11-14-26(27(33)19-24)28-20-35(16-2-6-30(36)37)29(34-28)15-8-21-4-1-5-23(18-21)22-9-12-25(13-10-22)40-17-3-7-31(38)39/h1,4-5,8-15,18-20H,2-3,6-7,16-17H2,(H,36,37)(H,38,39)/b15-8+. The summed E-state index contributed by atoms with van der Waals surface area (Å²) in [6.07, 6.45) is 6.81. The number of carboxylic acid groups (broad SMARTS) is 2. The van der Waals surface area contributed by atoms with E-state index in [2.05, 4.69) is 6.07 Å². The average molecular weight is 579 g/mol. The number of hydrogen-bond donors (Lipinski definition) is 2. The van der Waals surface area contributed by atoms with Crippen molar-refractivity contribution >= 4 is 47.3 Å². The van der Waals surface area contributed by atoms with E-state index in [1.807, 2.05) is 71.4 Å². The van der Waals surface area contributed by atoms with Gasteiger partial charge in [0.25, 0.3) is 0 Å². The first-order valence-electron chi connectivity index (χ1n) is 12.8. The molecule has 206 valence electrons. The third kappa shape index (κ3) is 8.21. The molecule has 4 aromatic rings. The van der Waals surface area contributed by atoms with Crippen LogP contribution in [-0.2, 0) is 16.1 Å². The Balaban J connectivity index is 1.52. The number of aliphatic carboxylic acids is 2. The van der Waals surface area contributed by atoms with E-state index in [9.17, 15) is 9.59 Å². The van der Waals surface area contributed by atoms with Crippen molar-refractivity contribution in [2.24, 2.45) is 0 Å².